The van der Waals surface area contributed by atoms with E-state index in [9.17, 15) is 9.59 Å². The second kappa shape index (κ2) is 9.00. The zero-order chi connectivity index (χ0) is 24.8. The number of hydrogen-bond donors (Lipinski definition) is 0. The normalized spacial score (nSPS) is 15.8. The fraction of sp³-hybridized carbons (Fsp3) is 0.138. The van der Waals surface area contributed by atoms with Gasteiger partial charge in [0, 0.05) is 4.88 Å². The summed E-state index contributed by atoms with van der Waals surface area (Å²) in [7, 11) is 0. The summed E-state index contributed by atoms with van der Waals surface area (Å²) in [6.45, 7) is 3.84. The van der Waals surface area contributed by atoms with E-state index in [1.807, 2.05) is 54.8 Å². The molecular formula is C29H22N2O3S2. The lowest BCUT2D eigenvalue weighted by molar-refractivity contribution is -0.139. The van der Waals surface area contributed by atoms with Gasteiger partial charge in [-0.2, -0.15) is 0 Å². The predicted molar refractivity (Wildman–Crippen MR) is 146 cm³/mol. The molecule has 0 aliphatic carbocycles. The molecule has 0 N–H and O–H groups in total. The lowest BCUT2D eigenvalue weighted by atomic mass is 9.96. The Balaban J connectivity index is 1.64. The molecule has 1 aliphatic heterocycles. The molecule has 0 amide bonds. The van der Waals surface area contributed by atoms with Gasteiger partial charge >= 0.3 is 5.97 Å². The van der Waals surface area contributed by atoms with Gasteiger partial charge in [0.25, 0.3) is 5.56 Å². The number of hydrogen-bond acceptors (Lipinski definition) is 6. The standard InChI is InChI=1S/C29H22N2O3S2/c1-3-34-28(33)25-17(2)30-29-31(26(25)23-13-8-14-35-23)27(32)24(36-29)16-22-20-11-6-4-9-18(20)15-19-10-5-7-12-21(19)22/h4-16,26H,3H2,1-2H3. The summed E-state index contributed by atoms with van der Waals surface area (Å²) in [6, 6.07) is 21.9. The molecule has 36 heavy (non-hydrogen) atoms. The van der Waals surface area contributed by atoms with E-state index in [0.29, 0.717) is 20.6 Å². The van der Waals surface area contributed by atoms with Crippen molar-refractivity contribution in [1.29, 1.82) is 0 Å². The van der Waals surface area contributed by atoms with Crippen molar-refractivity contribution in [2.45, 2.75) is 19.9 Å². The molecule has 3 heterocycles. The zero-order valence-corrected chi connectivity index (χ0v) is 21.4. The van der Waals surface area contributed by atoms with Crippen LogP contribution in [0.4, 0.5) is 0 Å². The number of nitrogens with zero attached hydrogens (tertiary/aromatic N) is 2. The first kappa shape index (κ1) is 22.6. The van der Waals surface area contributed by atoms with Crippen molar-refractivity contribution in [3.05, 3.63) is 114 Å². The van der Waals surface area contributed by atoms with Gasteiger partial charge in [0.15, 0.2) is 4.80 Å². The number of aromatic nitrogens is 1. The summed E-state index contributed by atoms with van der Waals surface area (Å²) in [4.78, 5) is 33.1. The minimum atomic E-state index is -0.563. The summed E-state index contributed by atoms with van der Waals surface area (Å²) in [5.74, 6) is -0.438. The van der Waals surface area contributed by atoms with Gasteiger partial charge in [-0.1, -0.05) is 65.9 Å². The van der Waals surface area contributed by atoms with Crippen LogP contribution in [0, 0.1) is 0 Å². The van der Waals surface area contributed by atoms with Crippen molar-refractivity contribution >= 4 is 56.3 Å². The van der Waals surface area contributed by atoms with Crippen molar-refractivity contribution in [3.63, 3.8) is 0 Å². The van der Waals surface area contributed by atoms with Crippen molar-refractivity contribution < 1.29 is 9.53 Å². The number of allylic oxidation sites excluding steroid dienone is 1. The van der Waals surface area contributed by atoms with E-state index in [4.69, 9.17) is 4.74 Å². The lowest BCUT2D eigenvalue weighted by Gasteiger charge is -2.23. The molecule has 1 aliphatic rings. The van der Waals surface area contributed by atoms with Gasteiger partial charge in [0.05, 0.1) is 22.4 Å². The summed E-state index contributed by atoms with van der Waals surface area (Å²) >= 11 is 2.86. The van der Waals surface area contributed by atoms with Gasteiger partial charge in [0.2, 0.25) is 0 Å². The van der Waals surface area contributed by atoms with Crippen LogP contribution in [0.5, 0.6) is 0 Å². The van der Waals surface area contributed by atoms with Crippen molar-refractivity contribution in [1.82, 2.24) is 4.57 Å². The largest absolute Gasteiger partial charge is 0.463 e. The van der Waals surface area contributed by atoms with Gasteiger partial charge < -0.3 is 4.74 Å². The fourth-order valence-corrected chi connectivity index (χ4v) is 6.69. The number of carbonyl (C=O) groups is 1. The Morgan fingerprint density at radius 1 is 1.06 bits per heavy atom. The molecule has 0 saturated carbocycles. The monoisotopic (exact) mass is 510 g/mol. The molecule has 1 unspecified atom stereocenters. The molecule has 0 saturated heterocycles. The van der Waals surface area contributed by atoms with Crippen molar-refractivity contribution in [3.8, 4) is 0 Å². The highest BCUT2D eigenvalue weighted by Gasteiger charge is 2.33. The molecule has 0 fully saturated rings. The molecule has 1 atom stereocenters. The first-order valence-corrected chi connectivity index (χ1v) is 13.4. The minimum absolute atomic E-state index is 0.163. The number of carbonyl (C=O) groups excluding carboxylic acids is 1. The van der Waals surface area contributed by atoms with Gasteiger partial charge in [0.1, 0.15) is 6.04 Å². The molecule has 3 aromatic carbocycles. The number of thiazole rings is 1. The minimum Gasteiger partial charge on any atom is -0.463 e. The highest BCUT2D eigenvalue weighted by atomic mass is 32.1. The Morgan fingerprint density at radius 3 is 2.39 bits per heavy atom. The first-order valence-electron chi connectivity index (χ1n) is 11.7. The second-order valence-electron chi connectivity index (χ2n) is 8.55. The van der Waals surface area contributed by atoms with Crippen LogP contribution in [0.25, 0.3) is 27.6 Å². The predicted octanol–water partition coefficient (Wildman–Crippen LogP) is 5.17. The van der Waals surface area contributed by atoms with Crippen molar-refractivity contribution in [2.24, 2.45) is 4.99 Å². The third-order valence-electron chi connectivity index (χ3n) is 6.42. The molecule has 7 heteroatoms. The van der Waals surface area contributed by atoms with Gasteiger partial charge in [-0.05, 0) is 64.5 Å². The number of esters is 1. The van der Waals surface area contributed by atoms with Crippen LogP contribution >= 0.6 is 22.7 Å². The summed E-state index contributed by atoms with van der Waals surface area (Å²) in [5.41, 5.74) is 1.83. The van der Waals surface area contributed by atoms with E-state index in [2.05, 4.69) is 35.3 Å². The number of rotatable bonds is 4. The third-order valence-corrected chi connectivity index (χ3v) is 8.33. The Hall–Kier alpha value is -3.81. The maximum Gasteiger partial charge on any atom is 0.338 e. The molecule has 0 radical (unpaired) electrons. The summed E-state index contributed by atoms with van der Waals surface area (Å²) < 4.78 is 7.59. The van der Waals surface area contributed by atoms with Crippen LogP contribution in [0.15, 0.2) is 93.2 Å². The molecule has 6 rings (SSSR count). The molecular weight excluding hydrogens is 488 g/mol. The Bertz CT molecular complexity index is 1810. The summed E-state index contributed by atoms with van der Waals surface area (Å²) in [6.07, 6.45) is 1.98. The van der Waals surface area contributed by atoms with E-state index in [-0.39, 0.29) is 12.2 Å². The number of fused-ring (bicyclic) bond motifs is 3. The van der Waals surface area contributed by atoms with Gasteiger partial charge in [-0.3, -0.25) is 9.36 Å². The van der Waals surface area contributed by atoms with Gasteiger partial charge in [-0.25, -0.2) is 9.79 Å². The maximum absolute atomic E-state index is 13.9. The SMILES string of the molecule is CCOC(=O)C1=C(C)N=c2sc(=Cc3c4ccccc4cc4ccccc34)c(=O)n2C1c1cccs1. The van der Waals surface area contributed by atoms with E-state index in [1.165, 1.54) is 22.7 Å². The lowest BCUT2D eigenvalue weighted by Crippen LogP contribution is -2.39. The molecule has 178 valence electrons. The van der Waals surface area contributed by atoms with Crippen LogP contribution in [0.2, 0.25) is 0 Å². The molecule has 0 bridgehead atoms. The van der Waals surface area contributed by atoms with E-state index >= 15 is 0 Å². The van der Waals surface area contributed by atoms with Crippen LogP contribution in [0.1, 0.15) is 30.3 Å². The first-order chi connectivity index (χ1) is 17.6. The highest BCUT2D eigenvalue weighted by molar-refractivity contribution is 7.10. The molecule has 0 spiro atoms. The zero-order valence-electron chi connectivity index (χ0n) is 19.7. The number of thiophene rings is 1. The van der Waals surface area contributed by atoms with E-state index in [1.54, 1.807) is 11.5 Å². The quantitative estimate of drug-likeness (QED) is 0.248. The average molecular weight is 511 g/mol. The van der Waals surface area contributed by atoms with Gasteiger partial charge in [-0.15, -0.1) is 11.3 Å². The number of ether oxygens (including phenoxy) is 1. The van der Waals surface area contributed by atoms with Crippen molar-refractivity contribution in [2.75, 3.05) is 6.61 Å². The molecule has 2 aromatic heterocycles. The van der Waals surface area contributed by atoms with E-state index in [0.717, 1.165) is 32.0 Å². The average Bonchev–Trinajstić information content (AvgIpc) is 3.52. The van der Waals surface area contributed by atoms with E-state index < -0.39 is 12.0 Å². The van der Waals surface area contributed by atoms with Crippen LogP contribution < -0.4 is 14.9 Å². The third kappa shape index (κ3) is 3.63. The van der Waals surface area contributed by atoms with Crippen LogP contribution in [-0.4, -0.2) is 17.1 Å². The smallest absolute Gasteiger partial charge is 0.338 e. The fourth-order valence-electron chi connectivity index (χ4n) is 4.84. The highest BCUT2D eigenvalue weighted by Crippen LogP contribution is 2.33. The summed E-state index contributed by atoms with van der Waals surface area (Å²) in [5, 5.41) is 6.35. The maximum atomic E-state index is 13.9. The Morgan fingerprint density at radius 2 is 1.75 bits per heavy atom. The topological polar surface area (TPSA) is 60.7 Å². The Labute approximate surface area is 214 Å². The van der Waals surface area contributed by atoms with Crippen LogP contribution in [-0.2, 0) is 9.53 Å². The molecule has 5 nitrogen and oxygen atoms in total. The van der Waals surface area contributed by atoms with Crippen LogP contribution in [0.3, 0.4) is 0 Å². The number of benzene rings is 3. The molecule has 5 aromatic rings. The Kier molecular flexibility index (Phi) is 5.66. The second-order valence-corrected chi connectivity index (χ2v) is 10.5.